The van der Waals surface area contributed by atoms with Gasteiger partial charge >= 0.3 is 0 Å². The second kappa shape index (κ2) is 3.11. The summed E-state index contributed by atoms with van der Waals surface area (Å²) < 4.78 is 0. The molecule has 0 aromatic carbocycles. The molecule has 1 aliphatic rings. The molecule has 3 N–H and O–H groups in total. The van der Waals surface area contributed by atoms with Crippen LogP contribution in [-0.2, 0) is 0 Å². The van der Waals surface area contributed by atoms with Crippen LogP contribution in [0.15, 0.2) is 4.99 Å². The predicted octanol–water partition coefficient (Wildman–Crippen LogP) is 0.955. The van der Waals surface area contributed by atoms with Crippen LogP contribution in [0.2, 0.25) is 0 Å². The van der Waals surface area contributed by atoms with E-state index in [1.807, 2.05) is 0 Å². The maximum Gasteiger partial charge on any atom is 0.188 e. The first-order chi connectivity index (χ1) is 4.50. The van der Waals surface area contributed by atoms with Gasteiger partial charge in [0.2, 0.25) is 0 Å². The predicted molar refractivity (Wildman–Crippen MR) is 49.6 cm³/mol. The van der Waals surface area contributed by atoms with Crippen molar-refractivity contribution in [1.82, 2.24) is 5.32 Å². The molecule has 0 fully saturated rings. The summed E-state index contributed by atoms with van der Waals surface area (Å²) in [5.41, 5.74) is 5.72. The van der Waals surface area contributed by atoms with Crippen molar-refractivity contribution < 1.29 is 0 Å². The number of hydrogen-bond donors (Lipinski definition) is 2. The Morgan fingerprint density at radius 3 is 2.27 bits per heavy atom. The molecule has 3 nitrogen and oxygen atoms in total. The molecule has 0 aliphatic carbocycles. The van der Waals surface area contributed by atoms with Crippen LogP contribution in [0.5, 0.6) is 0 Å². The molecule has 1 atom stereocenters. The molecule has 1 unspecified atom stereocenters. The van der Waals surface area contributed by atoms with Gasteiger partial charge in [0.1, 0.15) is 0 Å². The molecule has 1 rings (SSSR count). The second-order valence-corrected chi connectivity index (χ2v) is 3.79. The van der Waals surface area contributed by atoms with Gasteiger partial charge in [-0.05, 0) is 5.41 Å². The third-order valence-electron chi connectivity index (χ3n) is 1.81. The van der Waals surface area contributed by atoms with E-state index >= 15 is 0 Å². The highest BCUT2D eigenvalue weighted by Gasteiger charge is 2.27. The Kier molecular flexibility index (Phi) is 2.91. The zero-order valence-corrected chi connectivity index (χ0v) is 6.81. The number of hydrogen-bond acceptors (Lipinski definition) is 3. The summed E-state index contributed by atoms with van der Waals surface area (Å²) in [6, 6.07) is 0.410. The first kappa shape index (κ1) is 10.3. The number of nitrogens with zero attached hydrogens (tertiary/aromatic N) is 1. The van der Waals surface area contributed by atoms with Gasteiger partial charge in [0.15, 0.2) is 5.96 Å². The third-order valence-corrected chi connectivity index (χ3v) is 1.81. The Balaban J connectivity index is 0.000001000. The Labute approximate surface area is 69.1 Å². The summed E-state index contributed by atoms with van der Waals surface area (Å²) in [7, 11) is 0. The highest BCUT2D eigenvalue weighted by molar-refractivity contribution is 5.79. The molecule has 0 spiro atoms. The van der Waals surface area contributed by atoms with Crippen LogP contribution in [0.1, 0.15) is 28.2 Å². The zero-order valence-electron chi connectivity index (χ0n) is 6.81. The monoisotopic (exact) mass is 157 g/mol. The van der Waals surface area contributed by atoms with Crippen LogP contribution >= 0.6 is 0 Å². The smallest absolute Gasteiger partial charge is 0.188 e. The molecular weight excluding hydrogens is 138 g/mol. The van der Waals surface area contributed by atoms with Crippen LogP contribution < -0.4 is 11.1 Å². The van der Waals surface area contributed by atoms with Crippen LogP contribution in [0.4, 0.5) is 0 Å². The average Bonchev–Trinajstić information content (AvgIpc) is 2.11. The minimum atomic E-state index is 0. The molecule has 1 heterocycles. The van der Waals surface area contributed by atoms with Gasteiger partial charge in [-0.1, -0.05) is 28.2 Å². The molecule has 0 aromatic heterocycles. The SMILES string of the molecule is C.CC(C)(C)C1CN=C(N)N1. The molecule has 0 radical (unpaired) electrons. The topological polar surface area (TPSA) is 50.4 Å². The number of rotatable bonds is 0. The Hall–Kier alpha value is -0.730. The second-order valence-electron chi connectivity index (χ2n) is 3.79. The van der Waals surface area contributed by atoms with Crippen LogP contribution in [0.3, 0.4) is 0 Å². The van der Waals surface area contributed by atoms with Gasteiger partial charge < -0.3 is 11.1 Å². The van der Waals surface area contributed by atoms with E-state index < -0.39 is 0 Å². The summed E-state index contributed by atoms with van der Waals surface area (Å²) in [5, 5.41) is 3.12. The Morgan fingerprint density at radius 2 is 2.09 bits per heavy atom. The van der Waals surface area contributed by atoms with E-state index in [2.05, 4.69) is 31.1 Å². The quantitative estimate of drug-likeness (QED) is 0.550. The van der Waals surface area contributed by atoms with Gasteiger partial charge in [-0.15, -0.1) is 0 Å². The summed E-state index contributed by atoms with van der Waals surface area (Å²) in [6.45, 7) is 7.35. The van der Waals surface area contributed by atoms with E-state index in [0.29, 0.717) is 12.0 Å². The standard InChI is InChI=1S/C7H15N3.CH4/c1-7(2,3)5-4-9-6(8)10-5;/h5H,4H2,1-3H3,(H3,8,9,10);1H4. The minimum absolute atomic E-state index is 0. The lowest BCUT2D eigenvalue weighted by Crippen LogP contribution is -2.43. The third kappa shape index (κ3) is 2.41. The summed E-state index contributed by atoms with van der Waals surface area (Å²) in [4.78, 5) is 4.07. The van der Waals surface area contributed by atoms with Crippen LogP contribution in [-0.4, -0.2) is 18.5 Å². The number of aliphatic imine (C=N–C) groups is 1. The fraction of sp³-hybridized carbons (Fsp3) is 0.875. The maximum atomic E-state index is 5.46. The molecule has 1 aliphatic heterocycles. The largest absolute Gasteiger partial charge is 0.370 e. The molecule has 11 heavy (non-hydrogen) atoms. The number of nitrogens with two attached hydrogens (primary N) is 1. The van der Waals surface area contributed by atoms with E-state index in [-0.39, 0.29) is 12.8 Å². The van der Waals surface area contributed by atoms with Crippen molar-refractivity contribution in [3.05, 3.63) is 0 Å². The normalized spacial score (nSPS) is 23.5. The molecular formula is C8H19N3. The lowest BCUT2D eigenvalue weighted by atomic mass is 9.87. The van der Waals surface area contributed by atoms with Crippen LogP contribution in [0.25, 0.3) is 0 Å². The van der Waals surface area contributed by atoms with Gasteiger partial charge in [0, 0.05) is 0 Å². The zero-order chi connectivity index (χ0) is 7.78. The van der Waals surface area contributed by atoms with Gasteiger partial charge in [0.25, 0.3) is 0 Å². The summed E-state index contributed by atoms with van der Waals surface area (Å²) >= 11 is 0. The van der Waals surface area contributed by atoms with E-state index in [4.69, 9.17) is 5.73 Å². The van der Waals surface area contributed by atoms with E-state index in [1.54, 1.807) is 0 Å². The highest BCUT2D eigenvalue weighted by atomic mass is 15.2. The molecule has 3 heteroatoms. The number of nitrogens with one attached hydrogen (secondary N) is 1. The van der Waals surface area contributed by atoms with Crippen molar-refractivity contribution in [2.45, 2.75) is 34.2 Å². The lowest BCUT2D eigenvalue weighted by molar-refractivity contribution is 0.314. The Morgan fingerprint density at radius 1 is 1.55 bits per heavy atom. The molecule has 0 amide bonds. The summed E-state index contributed by atoms with van der Waals surface area (Å²) in [6.07, 6.45) is 0. The van der Waals surface area contributed by atoms with Crippen molar-refractivity contribution in [3.63, 3.8) is 0 Å². The molecule has 0 aromatic rings. The van der Waals surface area contributed by atoms with Gasteiger partial charge in [-0.3, -0.25) is 4.99 Å². The first-order valence-corrected chi connectivity index (χ1v) is 3.56. The lowest BCUT2D eigenvalue weighted by Gasteiger charge is -2.26. The fourth-order valence-corrected chi connectivity index (χ4v) is 0.950. The minimum Gasteiger partial charge on any atom is -0.370 e. The number of guanidine groups is 1. The van der Waals surface area contributed by atoms with Gasteiger partial charge in [0.05, 0.1) is 12.6 Å². The summed E-state index contributed by atoms with van der Waals surface area (Å²) in [5.74, 6) is 0.583. The van der Waals surface area contributed by atoms with E-state index in [1.165, 1.54) is 0 Å². The van der Waals surface area contributed by atoms with Gasteiger partial charge in [-0.25, -0.2) is 0 Å². The Bertz CT molecular complexity index is 155. The maximum absolute atomic E-state index is 5.46. The van der Waals surface area contributed by atoms with E-state index in [9.17, 15) is 0 Å². The molecule has 66 valence electrons. The van der Waals surface area contributed by atoms with Crippen molar-refractivity contribution in [2.75, 3.05) is 6.54 Å². The molecule has 0 saturated heterocycles. The van der Waals surface area contributed by atoms with Crippen molar-refractivity contribution in [1.29, 1.82) is 0 Å². The van der Waals surface area contributed by atoms with Crippen LogP contribution in [0, 0.1) is 5.41 Å². The van der Waals surface area contributed by atoms with Crippen molar-refractivity contribution in [2.24, 2.45) is 16.1 Å². The first-order valence-electron chi connectivity index (χ1n) is 3.56. The molecule has 0 saturated carbocycles. The van der Waals surface area contributed by atoms with Crippen molar-refractivity contribution in [3.8, 4) is 0 Å². The van der Waals surface area contributed by atoms with Crippen molar-refractivity contribution >= 4 is 5.96 Å². The fourth-order valence-electron chi connectivity index (χ4n) is 0.950. The van der Waals surface area contributed by atoms with E-state index in [0.717, 1.165) is 6.54 Å². The average molecular weight is 157 g/mol. The molecule has 0 bridgehead atoms. The van der Waals surface area contributed by atoms with Gasteiger partial charge in [-0.2, -0.15) is 0 Å². The highest BCUT2D eigenvalue weighted by Crippen LogP contribution is 2.20.